The lowest BCUT2D eigenvalue weighted by molar-refractivity contribution is -0.682. The Bertz CT molecular complexity index is 949. The van der Waals surface area contributed by atoms with E-state index in [2.05, 4.69) is 15.4 Å². The quantitative estimate of drug-likeness (QED) is 0.676. The van der Waals surface area contributed by atoms with Crippen molar-refractivity contribution in [2.24, 2.45) is 0 Å². The molecule has 1 amide bonds. The summed E-state index contributed by atoms with van der Waals surface area (Å²) < 4.78 is 27.9. The van der Waals surface area contributed by atoms with E-state index in [1.807, 2.05) is 0 Å². The molecule has 0 fully saturated rings. The van der Waals surface area contributed by atoms with Crippen LogP contribution in [0.1, 0.15) is 18.5 Å². The maximum Gasteiger partial charge on any atom is 0.279 e. The number of benzene rings is 2. The molecule has 0 spiro atoms. The van der Waals surface area contributed by atoms with Crippen molar-refractivity contribution in [1.82, 2.24) is 14.8 Å². The molecule has 9 heteroatoms. The van der Waals surface area contributed by atoms with Crippen molar-refractivity contribution in [2.75, 3.05) is 11.9 Å². The SMILES string of the molecule is C[C@@H]([NH2+]CC(=O)Nc1cc(Cl)ccc1-n1cncn1)c1ccc(F)c(F)c1. The lowest BCUT2D eigenvalue weighted by Gasteiger charge is -2.13. The number of nitrogens with one attached hydrogen (secondary N) is 1. The van der Waals surface area contributed by atoms with Gasteiger partial charge in [-0.2, -0.15) is 5.10 Å². The second-order valence-electron chi connectivity index (χ2n) is 5.95. The van der Waals surface area contributed by atoms with Gasteiger partial charge < -0.3 is 10.6 Å². The maximum absolute atomic E-state index is 13.3. The number of quaternary nitrogens is 1. The van der Waals surface area contributed by atoms with Crippen LogP contribution in [0.4, 0.5) is 14.5 Å². The van der Waals surface area contributed by atoms with E-state index in [-0.39, 0.29) is 18.5 Å². The first-order chi connectivity index (χ1) is 12.9. The van der Waals surface area contributed by atoms with Crippen molar-refractivity contribution in [3.05, 3.63) is 71.3 Å². The Balaban J connectivity index is 1.66. The van der Waals surface area contributed by atoms with Gasteiger partial charge in [-0.05, 0) is 43.3 Å². The molecule has 0 bridgehead atoms. The monoisotopic (exact) mass is 392 g/mol. The molecule has 6 nitrogen and oxygen atoms in total. The van der Waals surface area contributed by atoms with Crippen LogP contribution < -0.4 is 10.6 Å². The van der Waals surface area contributed by atoms with E-state index in [1.54, 1.807) is 30.4 Å². The first kappa shape index (κ1) is 18.9. The number of carbonyl (C=O) groups is 1. The topological polar surface area (TPSA) is 76.4 Å². The Morgan fingerprint density at radius 1 is 1.26 bits per heavy atom. The number of aromatic nitrogens is 3. The Labute approximate surface area is 159 Å². The average Bonchev–Trinajstić information content (AvgIpc) is 3.16. The summed E-state index contributed by atoms with van der Waals surface area (Å²) >= 11 is 6.03. The van der Waals surface area contributed by atoms with E-state index in [9.17, 15) is 13.6 Å². The standard InChI is InChI=1S/C18H16ClF2N5O/c1-11(12-2-4-14(20)15(21)6-12)23-8-18(27)25-16-7-13(19)3-5-17(16)26-10-22-9-24-26/h2-7,9-11,23H,8H2,1H3,(H,25,27)/p+1/t11-/m1/s1. The van der Waals surface area contributed by atoms with Crippen molar-refractivity contribution >= 4 is 23.2 Å². The third-order valence-corrected chi connectivity index (χ3v) is 4.26. The Morgan fingerprint density at radius 3 is 2.78 bits per heavy atom. The molecule has 140 valence electrons. The van der Waals surface area contributed by atoms with Gasteiger partial charge >= 0.3 is 0 Å². The summed E-state index contributed by atoms with van der Waals surface area (Å²) in [4.78, 5) is 16.2. The summed E-state index contributed by atoms with van der Waals surface area (Å²) in [5.74, 6) is -2.08. The van der Waals surface area contributed by atoms with Crippen molar-refractivity contribution in [2.45, 2.75) is 13.0 Å². The van der Waals surface area contributed by atoms with Gasteiger partial charge in [-0.15, -0.1) is 0 Å². The molecule has 3 aromatic rings. The number of hydrogen-bond donors (Lipinski definition) is 2. The molecule has 3 N–H and O–H groups in total. The molecule has 0 radical (unpaired) electrons. The van der Waals surface area contributed by atoms with Gasteiger partial charge in [-0.3, -0.25) is 4.79 Å². The minimum atomic E-state index is -0.909. The van der Waals surface area contributed by atoms with Crippen LogP contribution in [0, 0.1) is 11.6 Å². The number of amides is 1. The smallest absolute Gasteiger partial charge is 0.279 e. The van der Waals surface area contributed by atoms with E-state index in [1.165, 1.54) is 23.4 Å². The summed E-state index contributed by atoms with van der Waals surface area (Å²) in [7, 11) is 0. The van der Waals surface area contributed by atoms with Crippen LogP contribution in [0.5, 0.6) is 0 Å². The number of halogens is 3. The molecular weight excluding hydrogens is 376 g/mol. The molecule has 0 aliphatic carbocycles. The molecule has 3 rings (SSSR count). The molecule has 0 aliphatic heterocycles. The Morgan fingerprint density at radius 2 is 2.07 bits per heavy atom. The van der Waals surface area contributed by atoms with Crippen molar-refractivity contribution < 1.29 is 18.9 Å². The van der Waals surface area contributed by atoms with Crippen LogP contribution in [0.2, 0.25) is 5.02 Å². The maximum atomic E-state index is 13.3. The van der Waals surface area contributed by atoms with Gasteiger partial charge in [0.25, 0.3) is 5.91 Å². The molecule has 0 unspecified atom stereocenters. The first-order valence-corrected chi connectivity index (χ1v) is 8.54. The van der Waals surface area contributed by atoms with E-state index >= 15 is 0 Å². The fourth-order valence-corrected chi connectivity index (χ4v) is 2.73. The van der Waals surface area contributed by atoms with E-state index in [4.69, 9.17) is 11.6 Å². The van der Waals surface area contributed by atoms with Crippen LogP contribution >= 0.6 is 11.6 Å². The van der Waals surface area contributed by atoms with Crippen LogP contribution in [-0.4, -0.2) is 27.2 Å². The minimum absolute atomic E-state index is 0.0868. The number of nitrogens with zero attached hydrogens (tertiary/aromatic N) is 3. The molecule has 0 saturated heterocycles. The largest absolute Gasteiger partial charge is 0.333 e. The molecule has 0 saturated carbocycles. The number of anilines is 1. The normalized spacial score (nSPS) is 12.0. The zero-order chi connectivity index (χ0) is 19.4. The van der Waals surface area contributed by atoms with Gasteiger partial charge in [0.2, 0.25) is 0 Å². The highest BCUT2D eigenvalue weighted by Gasteiger charge is 2.15. The third kappa shape index (κ3) is 4.66. The molecule has 1 atom stereocenters. The highest BCUT2D eigenvalue weighted by molar-refractivity contribution is 6.31. The van der Waals surface area contributed by atoms with E-state index in [0.717, 1.165) is 12.1 Å². The summed E-state index contributed by atoms with van der Waals surface area (Å²) in [5, 5.41) is 9.03. The predicted octanol–water partition coefficient (Wildman–Crippen LogP) is 2.46. The highest BCUT2D eigenvalue weighted by Crippen LogP contribution is 2.23. The van der Waals surface area contributed by atoms with E-state index in [0.29, 0.717) is 22.0 Å². The van der Waals surface area contributed by atoms with Gasteiger partial charge in [0.05, 0.1) is 11.4 Å². The lowest BCUT2D eigenvalue weighted by Crippen LogP contribution is -2.86. The Hall–Kier alpha value is -2.84. The summed E-state index contributed by atoms with van der Waals surface area (Å²) in [6.07, 6.45) is 2.90. The van der Waals surface area contributed by atoms with Gasteiger partial charge in [-0.25, -0.2) is 18.4 Å². The lowest BCUT2D eigenvalue weighted by atomic mass is 10.1. The fraction of sp³-hybridized carbons (Fsp3) is 0.167. The number of hydrogen-bond acceptors (Lipinski definition) is 3. The van der Waals surface area contributed by atoms with Crippen molar-refractivity contribution in [3.63, 3.8) is 0 Å². The Kier molecular flexibility index (Phi) is 5.78. The van der Waals surface area contributed by atoms with Crippen LogP contribution in [0.25, 0.3) is 5.69 Å². The zero-order valence-corrected chi connectivity index (χ0v) is 15.1. The van der Waals surface area contributed by atoms with Crippen molar-refractivity contribution in [1.29, 1.82) is 0 Å². The molecular formula is C18H17ClF2N5O+. The van der Waals surface area contributed by atoms with Crippen LogP contribution in [0.15, 0.2) is 49.1 Å². The second kappa shape index (κ2) is 8.24. The van der Waals surface area contributed by atoms with Crippen LogP contribution in [-0.2, 0) is 4.79 Å². The average molecular weight is 393 g/mol. The molecule has 2 aromatic carbocycles. The molecule has 0 aliphatic rings. The summed E-state index contributed by atoms with van der Waals surface area (Å²) in [6, 6.07) is 8.51. The number of nitrogens with two attached hydrogens (primary N) is 1. The van der Waals surface area contributed by atoms with Crippen LogP contribution in [0.3, 0.4) is 0 Å². The van der Waals surface area contributed by atoms with E-state index < -0.39 is 11.6 Å². The van der Waals surface area contributed by atoms with Crippen molar-refractivity contribution in [3.8, 4) is 5.69 Å². The first-order valence-electron chi connectivity index (χ1n) is 8.16. The molecule has 27 heavy (non-hydrogen) atoms. The van der Waals surface area contributed by atoms with Gasteiger partial charge in [0.15, 0.2) is 18.2 Å². The predicted molar refractivity (Wildman–Crippen MR) is 96.6 cm³/mol. The zero-order valence-electron chi connectivity index (χ0n) is 14.4. The van der Waals surface area contributed by atoms with Gasteiger partial charge in [-0.1, -0.05) is 11.6 Å². The summed E-state index contributed by atoms with van der Waals surface area (Å²) in [6.45, 7) is 1.89. The third-order valence-electron chi connectivity index (χ3n) is 4.02. The summed E-state index contributed by atoms with van der Waals surface area (Å²) in [5.41, 5.74) is 1.71. The fourth-order valence-electron chi connectivity index (χ4n) is 2.56. The van der Waals surface area contributed by atoms with Gasteiger partial charge in [0, 0.05) is 10.6 Å². The van der Waals surface area contributed by atoms with Gasteiger partial charge in [0.1, 0.15) is 18.7 Å². The number of rotatable bonds is 6. The molecule has 1 heterocycles. The minimum Gasteiger partial charge on any atom is -0.333 e. The number of carbonyl (C=O) groups excluding carboxylic acids is 1. The second-order valence-corrected chi connectivity index (χ2v) is 6.39. The molecule has 1 aromatic heterocycles. The highest BCUT2D eigenvalue weighted by atomic mass is 35.5.